The molecule has 1 aliphatic heterocycles. The van der Waals surface area contributed by atoms with Gasteiger partial charge in [0, 0.05) is 30.2 Å². The molecule has 0 radical (unpaired) electrons. The average molecular weight is 371 g/mol. The maximum absolute atomic E-state index is 12.9. The zero-order chi connectivity index (χ0) is 18.7. The molecule has 0 spiro atoms. The van der Waals surface area contributed by atoms with Gasteiger partial charge in [0.1, 0.15) is 6.04 Å². The fourth-order valence-corrected chi connectivity index (χ4v) is 3.55. The standard InChI is InChI=1S/C21H23ClN2O2/c1-15-18(22)9-6-10-19(15)24-14-13-23(16(2)21(24)26)20(25)12-11-17-7-4-3-5-8-17/h3-10,16H,11-14H2,1-2H3/t16-/m1/s1. The van der Waals surface area contributed by atoms with Crippen LogP contribution in [0.4, 0.5) is 5.69 Å². The van der Waals surface area contributed by atoms with Gasteiger partial charge in [-0.05, 0) is 43.5 Å². The summed E-state index contributed by atoms with van der Waals surface area (Å²) in [6.45, 7) is 4.73. The van der Waals surface area contributed by atoms with E-state index in [1.165, 1.54) is 0 Å². The molecular formula is C21H23ClN2O2. The lowest BCUT2D eigenvalue weighted by atomic mass is 10.1. The summed E-state index contributed by atoms with van der Waals surface area (Å²) < 4.78 is 0. The number of aryl methyl sites for hydroxylation is 1. The summed E-state index contributed by atoms with van der Waals surface area (Å²) in [5, 5.41) is 0.643. The number of benzene rings is 2. The summed E-state index contributed by atoms with van der Waals surface area (Å²) in [7, 11) is 0. The molecule has 1 aliphatic rings. The largest absolute Gasteiger partial charge is 0.329 e. The van der Waals surface area contributed by atoms with Crippen LogP contribution in [0.2, 0.25) is 5.02 Å². The Labute approximate surface area is 159 Å². The first kappa shape index (κ1) is 18.5. The van der Waals surface area contributed by atoms with Crippen LogP contribution in [-0.4, -0.2) is 35.8 Å². The number of rotatable bonds is 4. The lowest BCUT2D eigenvalue weighted by Crippen LogP contribution is -2.58. The second-order valence-electron chi connectivity index (χ2n) is 6.62. The van der Waals surface area contributed by atoms with Crippen LogP contribution < -0.4 is 4.90 Å². The number of halogens is 1. The van der Waals surface area contributed by atoms with Crippen LogP contribution in [0.15, 0.2) is 48.5 Å². The van der Waals surface area contributed by atoms with Crippen molar-refractivity contribution in [2.75, 3.05) is 18.0 Å². The van der Waals surface area contributed by atoms with Crippen molar-refractivity contribution < 1.29 is 9.59 Å². The van der Waals surface area contributed by atoms with E-state index < -0.39 is 6.04 Å². The van der Waals surface area contributed by atoms with E-state index in [9.17, 15) is 9.59 Å². The van der Waals surface area contributed by atoms with Crippen molar-refractivity contribution in [3.8, 4) is 0 Å². The van der Waals surface area contributed by atoms with Gasteiger partial charge in [0.15, 0.2) is 0 Å². The predicted molar refractivity (Wildman–Crippen MR) is 104 cm³/mol. The van der Waals surface area contributed by atoms with Crippen LogP contribution >= 0.6 is 11.6 Å². The van der Waals surface area contributed by atoms with Gasteiger partial charge in [-0.1, -0.05) is 48.0 Å². The molecule has 0 unspecified atom stereocenters. The smallest absolute Gasteiger partial charge is 0.249 e. The number of hydrogen-bond donors (Lipinski definition) is 0. The highest BCUT2D eigenvalue weighted by Crippen LogP contribution is 2.29. The van der Waals surface area contributed by atoms with Crippen molar-refractivity contribution in [2.45, 2.75) is 32.7 Å². The van der Waals surface area contributed by atoms with Crippen molar-refractivity contribution in [2.24, 2.45) is 0 Å². The van der Waals surface area contributed by atoms with Crippen LogP contribution in [-0.2, 0) is 16.0 Å². The van der Waals surface area contributed by atoms with Gasteiger partial charge in [0.05, 0.1) is 0 Å². The quantitative estimate of drug-likeness (QED) is 0.820. The molecule has 0 bridgehead atoms. The number of hydrogen-bond acceptors (Lipinski definition) is 2. The zero-order valence-electron chi connectivity index (χ0n) is 15.1. The highest BCUT2D eigenvalue weighted by atomic mass is 35.5. The van der Waals surface area contributed by atoms with Crippen LogP contribution in [0, 0.1) is 6.92 Å². The molecule has 2 amide bonds. The number of amides is 2. The Balaban J connectivity index is 1.67. The Morgan fingerprint density at radius 2 is 1.85 bits per heavy atom. The maximum atomic E-state index is 12.9. The van der Waals surface area contributed by atoms with Gasteiger partial charge < -0.3 is 9.80 Å². The molecular weight excluding hydrogens is 348 g/mol. The number of piperazine rings is 1. The third-order valence-corrected chi connectivity index (χ3v) is 5.39. The summed E-state index contributed by atoms with van der Waals surface area (Å²) in [4.78, 5) is 28.9. The zero-order valence-corrected chi connectivity index (χ0v) is 15.9. The summed E-state index contributed by atoms with van der Waals surface area (Å²) >= 11 is 6.19. The van der Waals surface area contributed by atoms with E-state index in [1.807, 2.05) is 55.5 Å². The third kappa shape index (κ3) is 3.75. The molecule has 5 heteroatoms. The molecule has 4 nitrogen and oxygen atoms in total. The topological polar surface area (TPSA) is 40.6 Å². The van der Waals surface area contributed by atoms with Crippen molar-refractivity contribution in [3.63, 3.8) is 0 Å². The molecule has 2 aromatic rings. The summed E-state index contributed by atoms with van der Waals surface area (Å²) in [5.74, 6) is -0.0353. The Bertz CT molecular complexity index is 807. The van der Waals surface area contributed by atoms with Gasteiger partial charge in [0.25, 0.3) is 0 Å². The minimum Gasteiger partial charge on any atom is -0.329 e. The normalized spacial score (nSPS) is 17.5. The van der Waals surface area contributed by atoms with E-state index in [-0.39, 0.29) is 11.8 Å². The summed E-state index contributed by atoms with van der Waals surface area (Å²) in [6, 6.07) is 15.0. The molecule has 0 saturated carbocycles. The minimum absolute atomic E-state index is 0.0252. The summed E-state index contributed by atoms with van der Waals surface area (Å²) in [5.41, 5.74) is 2.84. The Morgan fingerprint density at radius 1 is 1.12 bits per heavy atom. The Morgan fingerprint density at radius 3 is 2.58 bits per heavy atom. The first-order valence-electron chi connectivity index (χ1n) is 8.89. The van der Waals surface area contributed by atoms with Crippen LogP contribution in [0.1, 0.15) is 24.5 Å². The molecule has 0 N–H and O–H groups in total. The average Bonchev–Trinajstić information content (AvgIpc) is 2.65. The molecule has 1 atom stereocenters. The van der Waals surface area contributed by atoms with E-state index in [1.54, 1.807) is 16.7 Å². The van der Waals surface area contributed by atoms with E-state index in [2.05, 4.69) is 0 Å². The van der Waals surface area contributed by atoms with Gasteiger partial charge in [-0.3, -0.25) is 9.59 Å². The van der Waals surface area contributed by atoms with Crippen LogP contribution in [0.3, 0.4) is 0 Å². The van der Waals surface area contributed by atoms with Gasteiger partial charge >= 0.3 is 0 Å². The number of carbonyl (C=O) groups is 2. The molecule has 1 fully saturated rings. The second-order valence-corrected chi connectivity index (χ2v) is 7.03. The Kier molecular flexibility index (Phi) is 5.62. The molecule has 1 heterocycles. The van der Waals surface area contributed by atoms with E-state index in [0.717, 1.165) is 16.8 Å². The molecule has 136 valence electrons. The molecule has 0 aliphatic carbocycles. The van der Waals surface area contributed by atoms with Crippen LogP contribution in [0.25, 0.3) is 0 Å². The lowest BCUT2D eigenvalue weighted by molar-refractivity contribution is -0.140. The maximum Gasteiger partial charge on any atom is 0.249 e. The van der Waals surface area contributed by atoms with Crippen molar-refractivity contribution >= 4 is 29.1 Å². The molecule has 2 aromatic carbocycles. The van der Waals surface area contributed by atoms with E-state index >= 15 is 0 Å². The third-order valence-electron chi connectivity index (χ3n) is 4.98. The number of carbonyl (C=O) groups excluding carboxylic acids is 2. The molecule has 26 heavy (non-hydrogen) atoms. The first-order valence-corrected chi connectivity index (χ1v) is 9.26. The molecule has 1 saturated heterocycles. The van der Waals surface area contributed by atoms with Gasteiger partial charge in [-0.25, -0.2) is 0 Å². The van der Waals surface area contributed by atoms with Gasteiger partial charge in [-0.2, -0.15) is 0 Å². The lowest BCUT2D eigenvalue weighted by Gasteiger charge is -2.39. The monoisotopic (exact) mass is 370 g/mol. The molecule has 3 rings (SSSR count). The first-order chi connectivity index (χ1) is 12.5. The fourth-order valence-electron chi connectivity index (χ4n) is 3.38. The second kappa shape index (κ2) is 7.92. The minimum atomic E-state index is -0.467. The highest BCUT2D eigenvalue weighted by Gasteiger charge is 2.35. The summed E-state index contributed by atoms with van der Waals surface area (Å²) in [6.07, 6.45) is 1.10. The fraction of sp³-hybridized carbons (Fsp3) is 0.333. The SMILES string of the molecule is Cc1c(Cl)cccc1N1CCN(C(=O)CCc2ccccc2)[C@H](C)C1=O. The van der Waals surface area contributed by atoms with Gasteiger partial charge in [0.2, 0.25) is 11.8 Å². The van der Waals surface area contributed by atoms with Crippen LogP contribution in [0.5, 0.6) is 0 Å². The van der Waals surface area contributed by atoms with E-state index in [4.69, 9.17) is 11.6 Å². The highest BCUT2D eigenvalue weighted by molar-refractivity contribution is 6.31. The van der Waals surface area contributed by atoms with Gasteiger partial charge in [-0.15, -0.1) is 0 Å². The van der Waals surface area contributed by atoms with E-state index in [0.29, 0.717) is 31.0 Å². The number of nitrogens with zero attached hydrogens (tertiary/aromatic N) is 2. The molecule has 0 aromatic heterocycles. The van der Waals surface area contributed by atoms with Crippen molar-refractivity contribution in [1.29, 1.82) is 0 Å². The Hall–Kier alpha value is -2.33. The predicted octanol–water partition coefficient (Wildman–Crippen LogP) is 3.84. The van der Waals surface area contributed by atoms with Crippen molar-refractivity contribution in [3.05, 3.63) is 64.7 Å². The number of anilines is 1. The van der Waals surface area contributed by atoms with Crippen molar-refractivity contribution in [1.82, 2.24) is 4.90 Å².